The number of benzene rings is 1. The topological polar surface area (TPSA) is 47.6 Å². The molecule has 18 heavy (non-hydrogen) atoms. The number of rotatable bonds is 3. The lowest BCUT2D eigenvalue weighted by molar-refractivity contribution is -0.142. The first-order valence-corrected chi connectivity index (χ1v) is 5.74. The zero-order valence-corrected chi connectivity index (χ0v) is 11.3. The van der Waals surface area contributed by atoms with E-state index < -0.39 is 0 Å². The van der Waals surface area contributed by atoms with Crippen LogP contribution in [0, 0.1) is 6.92 Å². The average Bonchev–Trinajstić information content (AvgIpc) is 2.80. The number of para-hydroxylation sites is 1. The van der Waals surface area contributed by atoms with Crippen molar-refractivity contribution in [2.24, 2.45) is 0 Å². The number of hydrogen-bond donors (Lipinski definition) is 1. The number of carbonyl (C=O) groups is 1. The zero-order chi connectivity index (χ0) is 12.3. The van der Waals surface area contributed by atoms with Gasteiger partial charge in [-0.1, -0.05) is 18.2 Å². The Bertz CT molecular complexity index is 411. The highest BCUT2D eigenvalue weighted by atomic mass is 35.5. The molecule has 1 aromatic rings. The summed E-state index contributed by atoms with van der Waals surface area (Å²) in [4.78, 5) is 11.3. The fraction of sp³-hybridized carbons (Fsp3) is 0.462. The molecule has 1 aliphatic heterocycles. The van der Waals surface area contributed by atoms with Crippen LogP contribution in [0.5, 0.6) is 5.75 Å². The smallest absolute Gasteiger partial charge is 0.323 e. The van der Waals surface area contributed by atoms with E-state index in [1.807, 2.05) is 31.2 Å². The van der Waals surface area contributed by atoms with Gasteiger partial charge in [-0.15, -0.1) is 12.4 Å². The van der Waals surface area contributed by atoms with Crippen LogP contribution >= 0.6 is 12.4 Å². The monoisotopic (exact) mass is 271 g/mol. The molecule has 0 amide bonds. The third kappa shape index (κ3) is 3.37. The highest BCUT2D eigenvalue weighted by molar-refractivity contribution is 5.85. The third-order valence-electron chi connectivity index (χ3n) is 2.96. The van der Waals surface area contributed by atoms with Gasteiger partial charge in [-0.05, 0) is 18.6 Å². The standard InChI is InChI=1S/C13H17NO3.ClH/c1-9-5-3-4-6-12(9)17-10-7-11(14-8-10)13(15)16-2;/h3-6,10-11,14H,7-8H2,1-2H3;1H/t10-,11-;/m0./s1. The maximum atomic E-state index is 11.3. The second kappa shape index (κ2) is 6.61. The van der Waals surface area contributed by atoms with Crippen molar-refractivity contribution >= 4 is 18.4 Å². The molecule has 0 aliphatic carbocycles. The predicted octanol–water partition coefficient (Wildman–Crippen LogP) is 1.70. The Labute approximate surface area is 113 Å². The van der Waals surface area contributed by atoms with E-state index in [0.29, 0.717) is 13.0 Å². The summed E-state index contributed by atoms with van der Waals surface area (Å²) in [6.45, 7) is 2.68. The maximum Gasteiger partial charge on any atom is 0.323 e. The zero-order valence-electron chi connectivity index (χ0n) is 10.5. The number of carbonyl (C=O) groups excluding carboxylic acids is 1. The van der Waals surface area contributed by atoms with Gasteiger partial charge < -0.3 is 14.8 Å². The quantitative estimate of drug-likeness (QED) is 0.850. The fourth-order valence-electron chi connectivity index (χ4n) is 1.98. The van der Waals surface area contributed by atoms with Gasteiger partial charge in [0.05, 0.1) is 7.11 Å². The molecule has 4 nitrogen and oxygen atoms in total. The molecule has 1 saturated heterocycles. The summed E-state index contributed by atoms with van der Waals surface area (Å²) in [5.41, 5.74) is 1.11. The molecule has 1 fully saturated rings. The summed E-state index contributed by atoms with van der Waals surface area (Å²) in [7, 11) is 1.40. The number of nitrogens with one attached hydrogen (secondary N) is 1. The number of esters is 1. The highest BCUT2D eigenvalue weighted by Gasteiger charge is 2.31. The average molecular weight is 272 g/mol. The molecule has 100 valence electrons. The van der Waals surface area contributed by atoms with Gasteiger partial charge in [-0.3, -0.25) is 4.79 Å². The summed E-state index contributed by atoms with van der Waals surface area (Å²) in [6, 6.07) is 7.64. The van der Waals surface area contributed by atoms with Crippen molar-refractivity contribution in [2.45, 2.75) is 25.5 Å². The molecule has 0 aromatic heterocycles. The highest BCUT2D eigenvalue weighted by Crippen LogP contribution is 2.21. The molecule has 1 aromatic carbocycles. The van der Waals surface area contributed by atoms with Crippen LogP contribution in [-0.4, -0.2) is 31.8 Å². The Balaban J connectivity index is 0.00000162. The van der Waals surface area contributed by atoms with Gasteiger partial charge in [-0.25, -0.2) is 0 Å². The van der Waals surface area contributed by atoms with E-state index >= 15 is 0 Å². The Hall–Kier alpha value is -1.26. The van der Waals surface area contributed by atoms with E-state index in [1.165, 1.54) is 7.11 Å². The molecule has 1 aliphatic rings. The summed E-state index contributed by atoms with van der Waals surface area (Å²) in [5.74, 6) is 0.658. The first kappa shape index (κ1) is 14.8. The summed E-state index contributed by atoms with van der Waals surface area (Å²) in [5, 5.41) is 3.10. The summed E-state index contributed by atoms with van der Waals surface area (Å²) >= 11 is 0. The lowest BCUT2D eigenvalue weighted by atomic mass is 10.2. The van der Waals surface area contributed by atoms with Gasteiger partial charge in [0.15, 0.2) is 0 Å². The second-order valence-corrected chi connectivity index (χ2v) is 4.23. The van der Waals surface area contributed by atoms with Crippen LogP contribution in [0.2, 0.25) is 0 Å². The maximum absolute atomic E-state index is 11.3. The predicted molar refractivity (Wildman–Crippen MR) is 71.3 cm³/mol. The molecular formula is C13H18ClNO3. The van der Waals surface area contributed by atoms with Gasteiger partial charge in [0.2, 0.25) is 0 Å². The molecular weight excluding hydrogens is 254 g/mol. The molecule has 5 heteroatoms. The van der Waals surface area contributed by atoms with Crippen molar-refractivity contribution in [3.05, 3.63) is 29.8 Å². The largest absolute Gasteiger partial charge is 0.489 e. The minimum Gasteiger partial charge on any atom is -0.489 e. The lowest BCUT2D eigenvalue weighted by Gasteiger charge is -2.14. The van der Waals surface area contributed by atoms with Crippen LogP contribution in [0.3, 0.4) is 0 Å². The van der Waals surface area contributed by atoms with Crippen LogP contribution in [0.15, 0.2) is 24.3 Å². The van der Waals surface area contributed by atoms with Crippen molar-refractivity contribution in [3.8, 4) is 5.75 Å². The van der Waals surface area contributed by atoms with E-state index in [0.717, 1.165) is 11.3 Å². The number of methoxy groups -OCH3 is 1. The van der Waals surface area contributed by atoms with E-state index in [2.05, 4.69) is 5.32 Å². The summed E-state index contributed by atoms with van der Waals surface area (Å²) in [6.07, 6.45) is 0.682. The molecule has 0 radical (unpaired) electrons. The Morgan fingerprint density at radius 3 is 2.78 bits per heavy atom. The Kier molecular flexibility index (Phi) is 5.44. The van der Waals surface area contributed by atoms with Gasteiger partial charge in [0.1, 0.15) is 17.9 Å². The third-order valence-corrected chi connectivity index (χ3v) is 2.96. The van der Waals surface area contributed by atoms with Crippen LogP contribution in [-0.2, 0) is 9.53 Å². The van der Waals surface area contributed by atoms with Crippen molar-refractivity contribution in [3.63, 3.8) is 0 Å². The van der Waals surface area contributed by atoms with Crippen molar-refractivity contribution in [2.75, 3.05) is 13.7 Å². The van der Waals surface area contributed by atoms with Gasteiger partial charge in [0, 0.05) is 13.0 Å². The minimum atomic E-state index is -0.242. The van der Waals surface area contributed by atoms with Crippen LogP contribution in [0.25, 0.3) is 0 Å². The fourth-order valence-corrected chi connectivity index (χ4v) is 1.98. The normalized spacial score (nSPS) is 22.1. The molecule has 0 saturated carbocycles. The van der Waals surface area contributed by atoms with E-state index in [4.69, 9.17) is 9.47 Å². The Morgan fingerprint density at radius 2 is 2.11 bits per heavy atom. The first-order valence-electron chi connectivity index (χ1n) is 5.74. The Morgan fingerprint density at radius 1 is 1.39 bits per heavy atom. The number of aryl methyl sites for hydroxylation is 1. The van der Waals surface area contributed by atoms with E-state index in [1.54, 1.807) is 0 Å². The first-order chi connectivity index (χ1) is 8.20. The van der Waals surface area contributed by atoms with Crippen LogP contribution < -0.4 is 10.1 Å². The van der Waals surface area contributed by atoms with Crippen molar-refractivity contribution in [1.29, 1.82) is 0 Å². The van der Waals surface area contributed by atoms with Gasteiger partial charge in [-0.2, -0.15) is 0 Å². The SMILES string of the molecule is COC(=O)[C@@H]1C[C@H](Oc2ccccc2C)CN1.Cl. The van der Waals surface area contributed by atoms with E-state index in [9.17, 15) is 4.79 Å². The molecule has 1 heterocycles. The minimum absolute atomic E-state index is 0. The molecule has 0 spiro atoms. The number of hydrogen-bond acceptors (Lipinski definition) is 4. The van der Waals surface area contributed by atoms with Crippen LogP contribution in [0.1, 0.15) is 12.0 Å². The molecule has 2 atom stereocenters. The molecule has 1 N–H and O–H groups in total. The lowest BCUT2D eigenvalue weighted by Crippen LogP contribution is -2.31. The molecule has 0 unspecified atom stereocenters. The molecule has 0 bridgehead atoms. The van der Waals surface area contributed by atoms with Crippen LogP contribution in [0.4, 0.5) is 0 Å². The second-order valence-electron chi connectivity index (χ2n) is 4.23. The summed E-state index contributed by atoms with van der Waals surface area (Å²) < 4.78 is 10.6. The van der Waals surface area contributed by atoms with E-state index in [-0.39, 0.29) is 30.5 Å². The van der Waals surface area contributed by atoms with Gasteiger partial charge >= 0.3 is 5.97 Å². The van der Waals surface area contributed by atoms with Crippen molar-refractivity contribution in [1.82, 2.24) is 5.32 Å². The molecule has 2 rings (SSSR count). The number of halogens is 1. The van der Waals surface area contributed by atoms with Gasteiger partial charge in [0.25, 0.3) is 0 Å². The number of ether oxygens (including phenoxy) is 2. The van der Waals surface area contributed by atoms with Crippen molar-refractivity contribution < 1.29 is 14.3 Å².